The number of thiophene rings is 3. The Morgan fingerprint density at radius 1 is 0.667 bits per heavy atom. The van der Waals surface area contributed by atoms with Gasteiger partial charge < -0.3 is 9.13 Å². The molecule has 0 bridgehead atoms. The molecule has 5 rings (SSSR count). The first-order valence-corrected chi connectivity index (χ1v) is 15.7. The smallest absolute Gasteiger partial charge is 0.0858 e. The Morgan fingerprint density at radius 3 is 1.52 bits per heavy atom. The molecule has 5 heteroatoms. The van der Waals surface area contributed by atoms with E-state index in [0.29, 0.717) is 0 Å². The molecule has 0 radical (unpaired) electrons. The van der Waals surface area contributed by atoms with Gasteiger partial charge in [-0.15, -0.1) is 34.0 Å². The summed E-state index contributed by atoms with van der Waals surface area (Å²) in [5.74, 6) is 1.52. The molecule has 5 aromatic heterocycles. The van der Waals surface area contributed by atoms with Crippen LogP contribution >= 0.6 is 34.0 Å². The number of nitrogens with zero attached hydrogens (tertiary/aromatic N) is 2. The Hall–Kier alpha value is -1.30. The van der Waals surface area contributed by atoms with Crippen molar-refractivity contribution < 1.29 is 0 Å². The second-order valence-electron chi connectivity index (χ2n) is 9.78. The minimum atomic E-state index is 0.760. The van der Waals surface area contributed by atoms with Gasteiger partial charge in [0.25, 0.3) is 0 Å². The van der Waals surface area contributed by atoms with E-state index >= 15 is 0 Å². The lowest BCUT2D eigenvalue weighted by Gasteiger charge is -2.19. The number of aromatic nitrogens is 2. The zero-order chi connectivity index (χ0) is 22.9. The van der Waals surface area contributed by atoms with E-state index < -0.39 is 0 Å². The van der Waals surface area contributed by atoms with Crippen molar-refractivity contribution in [2.45, 2.75) is 92.2 Å². The van der Waals surface area contributed by atoms with Gasteiger partial charge in [0, 0.05) is 13.1 Å². The van der Waals surface area contributed by atoms with Crippen LogP contribution in [0.5, 0.6) is 0 Å². The molecule has 0 saturated carbocycles. The number of rotatable bonds is 12. The topological polar surface area (TPSA) is 9.86 Å². The monoisotopic (exact) mass is 498 g/mol. The molecule has 0 aliphatic heterocycles. The Balaban J connectivity index is 1.70. The third-order valence-corrected chi connectivity index (χ3v) is 11.0. The van der Waals surface area contributed by atoms with Gasteiger partial charge in [-0.2, -0.15) is 0 Å². The third-order valence-electron chi connectivity index (χ3n) is 7.65. The lowest BCUT2D eigenvalue weighted by Crippen LogP contribution is -2.12. The van der Waals surface area contributed by atoms with Gasteiger partial charge in [0.2, 0.25) is 0 Å². The first kappa shape index (κ1) is 23.4. The standard InChI is InChI=1S/C28H38N2S3/c1-5-9-11-19(7-3)17-29-21-13-15-31-25(21)27-23(29)24-28(33-27)26-22(14-16-32-26)30(24)18-20(8-4)12-10-6-2/h13-16,19-20H,5-12,17-18H2,1-4H3. The van der Waals surface area contributed by atoms with Crippen LogP contribution in [-0.2, 0) is 13.1 Å². The normalized spacial score (nSPS) is 14.4. The fraction of sp³-hybridized carbons (Fsp3) is 0.571. The molecule has 0 fully saturated rings. The van der Waals surface area contributed by atoms with Crippen molar-refractivity contribution in [1.82, 2.24) is 9.13 Å². The molecule has 2 nitrogen and oxygen atoms in total. The molecule has 0 aliphatic rings. The number of hydrogen-bond donors (Lipinski definition) is 0. The molecule has 0 amide bonds. The maximum atomic E-state index is 2.72. The highest BCUT2D eigenvalue weighted by molar-refractivity contribution is 7.33. The molecule has 0 aliphatic carbocycles. The first-order chi connectivity index (χ1) is 16.2. The van der Waals surface area contributed by atoms with Crippen LogP contribution in [0.3, 0.4) is 0 Å². The predicted octanol–water partition coefficient (Wildman–Crippen LogP) is 10.5. The number of hydrogen-bond acceptors (Lipinski definition) is 3. The van der Waals surface area contributed by atoms with Crippen LogP contribution in [0.2, 0.25) is 0 Å². The molecule has 33 heavy (non-hydrogen) atoms. The van der Waals surface area contributed by atoms with Crippen LogP contribution in [-0.4, -0.2) is 9.13 Å². The van der Waals surface area contributed by atoms with E-state index in [4.69, 9.17) is 0 Å². The summed E-state index contributed by atoms with van der Waals surface area (Å²) in [6.45, 7) is 11.7. The van der Waals surface area contributed by atoms with E-state index in [9.17, 15) is 0 Å². The van der Waals surface area contributed by atoms with E-state index in [2.05, 4.69) is 71.1 Å². The number of unbranched alkanes of at least 4 members (excludes halogenated alkanes) is 2. The Kier molecular flexibility index (Phi) is 7.20. The molecular weight excluding hydrogens is 461 g/mol. The Labute approximate surface area is 210 Å². The van der Waals surface area contributed by atoms with Crippen LogP contribution in [0, 0.1) is 11.8 Å². The van der Waals surface area contributed by atoms with Gasteiger partial charge in [-0.25, -0.2) is 0 Å². The summed E-state index contributed by atoms with van der Waals surface area (Å²) < 4.78 is 11.5. The van der Waals surface area contributed by atoms with E-state index in [-0.39, 0.29) is 0 Å². The minimum absolute atomic E-state index is 0.760. The third kappa shape index (κ3) is 4.08. The van der Waals surface area contributed by atoms with Crippen molar-refractivity contribution in [1.29, 1.82) is 0 Å². The van der Waals surface area contributed by atoms with E-state index in [1.54, 1.807) is 0 Å². The first-order valence-electron chi connectivity index (χ1n) is 13.1. The summed E-state index contributed by atoms with van der Waals surface area (Å²) >= 11 is 5.93. The molecule has 0 aromatic carbocycles. The zero-order valence-electron chi connectivity index (χ0n) is 20.7. The lowest BCUT2D eigenvalue weighted by atomic mass is 9.99. The van der Waals surface area contributed by atoms with Crippen molar-refractivity contribution in [2.24, 2.45) is 11.8 Å². The minimum Gasteiger partial charge on any atom is -0.337 e. The largest absolute Gasteiger partial charge is 0.337 e. The molecule has 0 spiro atoms. The second kappa shape index (κ2) is 10.1. The maximum Gasteiger partial charge on any atom is 0.0858 e. The molecule has 0 N–H and O–H groups in total. The molecule has 2 atom stereocenters. The fourth-order valence-electron chi connectivity index (χ4n) is 5.56. The summed E-state index contributed by atoms with van der Waals surface area (Å²) in [7, 11) is 0. The van der Waals surface area contributed by atoms with Crippen LogP contribution in [0.4, 0.5) is 0 Å². The quantitative estimate of drug-likeness (QED) is 0.162. The van der Waals surface area contributed by atoms with Crippen molar-refractivity contribution in [3.05, 3.63) is 22.9 Å². The second-order valence-corrected chi connectivity index (χ2v) is 12.6. The number of fused-ring (bicyclic) bond motifs is 7. The highest BCUT2D eigenvalue weighted by Crippen LogP contribution is 2.48. The lowest BCUT2D eigenvalue weighted by molar-refractivity contribution is 0.398. The SMILES string of the molecule is CCCCC(CC)Cn1c2ccsc2c2sc3c4sccc4n(CC(CC)CCCC)c3c21. The van der Waals surface area contributed by atoms with Crippen LogP contribution in [0.25, 0.3) is 40.9 Å². The summed E-state index contributed by atoms with van der Waals surface area (Å²) in [5, 5.41) is 4.59. The van der Waals surface area contributed by atoms with Crippen LogP contribution in [0.15, 0.2) is 22.9 Å². The van der Waals surface area contributed by atoms with Gasteiger partial charge in [0.05, 0.1) is 40.9 Å². The van der Waals surface area contributed by atoms with Gasteiger partial charge in [-0.1, -0.05) is 66.2 Å². The highest BCUT2D eigenvalue weighted by Gasteiger charge is 2.25. The molecule has 2 unspecified atom stereocenters. The Bertz CT molecular complexity index is 1240. The van der Waals surface area contributed by atoms with E-state index in [1.807, 2.05) is 22.7 Å². The summed E-state index contributed by atoms with van der Waals surface area (Å²) in [6.07, 6.45) is 10.5. The average Bonchev–Trinajstić information content (AvgIpc) is 3.61. The van der Waals surface area contributed by atoms with Gasteiger partial charge in [0.1, 0.15) is 0 Å². The predicted molar refractivity (Wildman–Crippen MR) is 153 cm³/mol. The van der Waals surface area contributed by atoms with Crippen LogP contribution in [0.1, 0.15) is 79.1 Å². The maximum absolute atomic E-state index is 2.72. The Morgan fingerprint density at radius 2 is 1.12 bits per heavy atom. The molecule has 178 valence electrons. The van der Waals surface area contributed by atoms with Crippen molar-refractivity contribution >= 4 is 74.9 Å². The van der Waals surface area contributed by atoms with Gasteiger partial charge in [-0.3, -0.25) is 0 Å². The van der Waals surface area contributed by atoms with Crippen LogP contribution < -0.4 is 0 Å². The summed E-state index contributed by atoms with van der Waals surface area (Å²) in [5.41, 5.74) is 5.99. The van der Waals surface area contributed by atoms with E-state index in [0.717, 1.165) is 24.9 Å². The van der Waals surface area contributed by atoms with Crippen molar-refractivity contribution in [3.63, 3.8) is 0 Å². The van der Waals surface area contributed by atoms with Crippen molar-refractivity contribution in [3.8, 4) is 0 Å². The van der Waals surface area contributed by atoms with Gasteiger partial charge in [0.15, 0.2) is 0 Å². The molecular formula is C28H38N2S3. The molecule has 0 saturated heterocycles. The van der Waals surface area contributed by atoms with Crippen molar-refractivity contribution in [2.75, 3.05) is 0 Å². The zero-order valence-corrected chi connectivity index (χ0v) is 23.1. The molecule has 5 heterocycles. The van der Waals surface area contributed by atoms with Gasteiger partial charge >= 0.3 is 0 Å². The molecule has 5 aromatic rings. The van der Waals surface area contributed by atoms with Gasteiger partial charge in [-0.05, 0) is 47.6 Å². The summed E-state index contributed by atoms with van der Waals surface area (Å²) in [6, 6.07) is 4.74. The highest BCUT2D eigenvalue weighted by atomic mass is 32.1. The van der Waals surface area contributed by atoms with E-state index in [1.165, 1.54) is 92.2 Å². The average molecular weight is 499 g/mol. The summed E-state index contributed by atoms with van der Waals surface area (Å²) in [4.78, 5) is 0. The fourth-order valence-corrected chi connectivity index (χ4v) is 8.98.